The van der Waals surface area contributed by atoms with Gasteiger partial charge >= 0.3 is 0 Å². The van der Waals surface area contributed by atoms with E-state index >= 15 is 0 Å². The van der Waals surface area contributed by atoms with Gasteiger partial charge in [-0.2, -0.15) is 0 Å². The molecule has 18 heavy (non-hydrogen) atoms. The van der Waals surface area contributed by atoms with Crippen molar-refractivity contribution in [1.29, 1.82) is 0 Å². The Morgan fingerprint density at radius 3 is 2.61 bits per heavy atom. The third-order valence-corrected chi connectivity index (χ3v) is 2.53. The summed E-state index contributed by atoms with van der Waals surface area (Å²) in [6.07, 6.45) is 0. The van der Waals surface area contributed by atoms with E-state index in [1.54, 1.807) is 12.1 Å². The number of nitrogens with zero attached hydrogens (tertiary/aromatic N) is 1. The number of halogens is 1. The second kappa shape index (κ2) is 5.60. The maximum atomic E-state index is 5.82. The molecule has 2 rings (SSSR count). The summed E-state index contributed by atoms with van der Waals surface area (Å²) in [6, 6.07) is 10.9. The van der Waals surface area contributed by atoms with Gasteiger partial charge in [-0.05, 0) is 43.3 Å². The Hall–Kier alpha value is -1.94. The van der Waals surface area contributed by atoms with Gasteiger partial charge in [0.1, 0.15) is 10.9 Å². The summed E-state index contributed by atoms with van der Waals surface area (Å²) >= 11 is 5.82. The molecule has 0 saturated carbocycles. The zero-order chi connectivity index (χ0) is 13.0. The Bertz CT molecular complexity index is 528. The van der Waals surface area contributed by atoms with Crippen molar-refractivity contribution in [3.63, 3.8) is 0 Å². The minimum absolute atomic E-state index is 0.401. The fourth-order valence-corrected chi connectivity index (χ4v) is 1.63. The van der Waals surface area contributed by atoms with Crippen molar-refractivity contribution in [1.82, 2.24) is 4.98 Å². The first-order valence-electron chi connectivity index (χ1n) is 5.61. The summed E-state index contributed by atoms with van der Waals surface area (Å²) in [4.78, 5) is 4.12. The molecule has 4 nitrogen and oxygen atoms in total. The molecule has 5 heteroatoms. The number of ether oxygens (including phenoxy) is 1. The van der Waals surface area contributed by atoms with E-state index in [1.165, 1.54) is 0 Å². The molecule has 2 aromatic rings. The molecular formula is C13H14ClN3O. The van der Waals surface area contributed by atoms with Crippen molar-refractivity contribution in [2.24, 2.45) is 0 Å². The average molecular weight is 264 g/mol. The minimum Gasteiger partial charge on any atom is -0.494 e. The Labute approximate surface area is 111 Å². The number of nitrogens with one attached hydrogen (secondary N) is 1. The summed E-state index contributed by atoms with van der Waals surface area (Å²) < 4.78 is 5.36. The molecular weight excluding hydrogens is 250 g/mol. The lowest BCUT2D eigenvalue weighted by Crippen LogP contribution is -1.99. The number of anilines is 3. The molecule has 0 fully saturated rings. The SMILES string of the molecule is CCOc1ccc(Nc2nc(Cl)ccc2N)cc1. The molecule has 0 amide bonds. The number of rotatable bonds is 4. The van der Waals surface area contributed by atoms with E-state index in [4.69, 9.17) is 22.1 Å². The number of hydrogen-bond donors (Lipinski definition) is 2. The highest BCUT2D eigenvalue weighted by Gasteiger charge is 2.02. The second-order valence-electron chi connectivity index (χ2n) is 3.65. The lowest BCUT2D eigenvalue weighted by atomic mass is 10.3. The largest absolute Gasteiger partial charge is 0.494 e. The summed E-state index contributed by atoms with van der Waals surface area (Å²) in [5.74, 6) is 1.38. The first-order chi connectivity index (χ1) is 8.69. The molecule has 1 aromatic heterocycles. The zero-order valence-electron chi connectivity index (χ0n) is 9.98. The van der Waals surface area contributed by atoms with Gasteiger partial charge < -0.3 is 15.8 Å². The van der Waals surface area contributed by atoms with Gasteiger partial charge in [-0.25, -0.2) is 4.98 Å². The van der Waals surface area contributed by atoms with E-state index < -0.39 is 0 Å². The smallest absolute Gasteiger partial charge is 0.155 e. The standard InChI is InChI=1S/C13H14ClN3O/c1-2-18-10-5-3-9(4-6-10)16-13-11(15)7-8-12(14)17-13/h3-8H,2,15H2,1H3,(H,16,17). The summed E-state index contributed by atoms with van der Waals surface area (Å²) in [7, 11) is 0. The van der Waals surface area contributed by atoms with E-state index in [1.807, 2.05) is 31.2 Å². The number of nitrogen functional groups attached to an aromatic ring is 1. The van der Waals surface area contributed by atoms with Crippen molar-refractivity contribution in [3.05, 3.63) is 41.6 Å². The number of hydrogen-bond acceptors (Lipinski definition) is 4. The molecule has 0 saturated heterocycles. The number of pyridine rings is 1. The van der Waals surface area contributed by atoms with Gasteiger partial charge in [0.2, 0.25) is 0 Å². The predicted octanol–water partition coefficient (Wildman–Crippen LogP) is 3.46. The van der Waals surface area contributed by atoms with E-state index in [2.05, 4.69) is 10.3 Å². The lowest BCUT2D eigenvalue weighted by Gasteiger charge is -2.09. The maximum Gasteiger partial charge on any atom is 0.155 e. The van der Waals surface area contributed by atoms with Crippen LogP contribution < -0.4 is 15.8 Å². The highest BCUT2D eigenvalue weighted by atomic mass is 35.5. The minimum atomic E-state index is 0.401. The van der Waals surface area contributed by atoms with Crippen LogP contribution in [0.15, 0.2) is 36.4 Å². The third-order valence-electron chi connectivity index (χ3n) is 2.32. The Kier molecular flexibility index (Phi) is 3.89. The Morgan fingerprint density at radius 2 is 1.94 bits per heavy atom. The van der Waals surface area contributed by atoms with Crippen molar-refractivity contribution >= 4 is 28.8 Å². The van der Waals surface area contributed by atoms with Gasteiger partial charge in [-0.1, -0.05) is 11.6 Å². The van der Waals surface area contributed by atoms with Crippen LogP contribution in [0.25, 0.3) is 0 Å². The monoisotopic (exact) mass is 263 g/mol. The number of benzene rings is 1. The molecule has 94 valence electrons. The normalized spacial score (nSPS) is 10.1. The topological polar surface area (TPSA) is 60.2 Å². The molecule has 0 aliphatic carbocycles. The summed E-state index contributed by atoms with van der Waals surface area (Å²) in [5.41, 5.74) is 7.23. The second-order valence-corrected chi connectivity index (χ2v) is 4.04. The summed E-state index contributed by atoms with van der Waals surface area (Å²) in [6.45, 7) is 2.60. The van der Waals surface area contributed by atoms with E-state index in [-0.39, 0.29) is 0 Å². The van der Waals surface area contributed by atoms with Crippen LogP contribution in [0.5, 0.6) is 5.75 Å². The van der Waals surface area contributed by atoms with Crippen LogP contribution in [-0.2, 0) is 0 Å². The molecule has 0 unspecified atom stereocenters. The lowest BCUT2D eigenvalue weighted by molar-refractivity contribution is 0.340. The molecule has 3 N–H and O–H groups in total. The van der Waals surface area contributed by atoms with Crippen LogP contribution in [0.4, 0.5) is 17.2 Å². The van der Waals surface area contributed by atoms with Gasteiger partial charge in [0.05, 0.1) is 12.3 Å². The van der Waals surface area contributed by atoms with Crippen molar-refractivity contribution < 1.29 is 4.74 Å². The molecule has 0 radical (unpaired) electrons. The molecule has 0 aliphatic rings. The van der Waals surface area contributed by atoms with Gasteiger partial charge in [-0.3, -0.25) is 0 Å². The molecule has 1 aromatic carbocycles. The van der Waals surface area contributed by atoms with Crippen molar-refractivity contribution in [2.45, 2.75) is 6.92 Å². The van der Waals surface area contributed by atoms with E-state index in [0.717, 1.165) is 11.4 Å². The zero-order valence-corrected chi connectivity index (χ0v) is 10.7. The predicted molar refractivity (Wildman–Crippen MR) is 74.6 cm³/mol. The maximum absolute atomic E-state index is 5.82. The molecule has 0 bridgehead atoms. The molecule has 0 spiro atoms. The van der Waals surface area contributed by atoms with Crippen LogP contribution in [0.2, 0.25) is 5.15 Å². The average Bonchev–Trinajstić information content (AvgIpc) is 2.37. The summed E-state index contributed by atoms with van der Waals surface area (Å²) in [5, 5.41) is 3.51. The van der Waals surface area contributed by atoms with Crippen LogP contribution in [0.3, 0.4) is 0 Å². The van der Waals surface area contributed by atoms with Gasteiger partial charge in [0, 0.05) is 5.69 Å². The van der Waals surface area contributed by atoms with Crippen LogP contribution >= 0.6 is 11.6 Å². The highest BCUT2D eigenvalue weighted by Crippen LogP contribution is 2.24. The Morgan fingerprint density at radius 1 is 1.22 bits per heavy atom. The van der Waals surface area contributed by atoms with Crippen LogP contribution in [-0.4, -0.2) is 11.6 Å². The highest BCUT2D eigenvalue weighted by molar-refractivity contribution is 6.29. The quantitative estimate of drug-likeness (QED) is 0.830. The molecule has 0 aliphatic heterocycles. The van der Waals surface area contributed by atoms with E-state index in [9.17, 15) is 0 Å². The Balaban J connectivity index is 2.15. The first-order valence-corrected chi connectivity index (χ1v) is 5.98. The van der Waals surface area contributed by atoms with Gasteiger partial charge in [0.15, 0.2) is 5.82 Å². The molecule has 1 heterocycles. The van der Waals surface area contributed by atoms with Crippen molar-refractivity contribution in [3.8, 4) is 5.75 Å². The van der Waals surface area contributed by atoms with Gasteiger partial charge in [0.25, 0.3) is 0 Å². The first kappa shape index (κ1) is 12.5. The fraction of sp³-hybridized carbons (Fsp3) is 0.154. The van der Waals surface area contributed by atoms with Crippen LogP contribution in [0, 0.1) is 0 Å². The number of nitrogens with two attached hydrogens (primary N) is 1. The van der Waals surface area contributed by atoms with Gasteiger partial charge in [-0.15, -0.1) is 0 Å². The van der Waals surface area contributed by atoms with Crippen molar-refractivity contribution in [2.75, 3.05) is 17.7 Å². The van der Waals surface area contributed by atoms with Crippen LogP contribution in [0.1, 0.15) is 6.92 Å². The fourth-order valence-electron chi connectivity index (χ4n) is 1.48. The third kappa shape index (κ3) is 3.05. The molecule has 0 atom stereocenters. The number of aromatic nitrogens is 1. The van der Waals surface area contributed by atoms with E-state index in [0.29, 0.717) is 23.3 Å².